The van der Waals surface area contributed by atoms with Crippen molar-refractivity contribution in [3.05, 3.63) is 161 Å². The van der Waals surface area contributed by atoms with Gasteiger partial charge in [-0.1, -0.05) is 124 Å². The maximum absolute atomic E-state index is 6.40. The van der Waals surface area contributed by atoms with Gasteiger partial charge in [0, 0.05) is 47.5 Å². The molecule has 0 radical (unpaired) electrons. The maximum Gasteiger partial charge on any atom is 0.231 e. The molecule has 1 spiro atoms. The van der Waals surface area contributed by atoms with E-state index in [1.807, 2.05) is 35.6 Å². The predicted molar refractivity (Wildman–Crippen MR) is 246 cm³/mol. The van der Waals surface area contributed by atoms with Gasteiger partial charge >= 0.3 is 0 Å². The fourth-order valence-electron chi connectivity index (χ4n) is 11.5. The second-order valence-corrected chi connectivity index (χ2v) is 18.9. The Balaban J connectivity index is 0.957. The van der Waals surface area contributed by atoms with E-state index in [0.29, 0.717) is 11.5 Å². The van der Waals surface area contributed by atoms with Crippen LogP contribution in [0.2, 0.25) is 0 Å². The Kier molecular flexibility index (Phi) is 7.01. The first-order valence-corrected chi connectivity index (χ1v) is 22.2. The normalized spacial score (nSPS) is 17.3. The van der Waals surface area contributed by atoms with E-state index in [-0.39, 0.29) is 10.8 Å². The van der Waals surface area contributed by atoms with Crippen molar-refractivity contribution in [3.63, 3.8) is 0 Å². The molecular weight excluding hydrogens is 737 g/mol. The summed E-state index contributed by atoms with van der Waals surface area (Å²) >= 11 is 1.82. The van der Waals surface area contributed by atoms with E-state index < -0.39 is 0 Å². The first-order chi connectivity index (χ1) is 29.0. The molecule has 13 rings (SSSR count). The van der Waals surface area contributed by atoms with Crippen LogP contribution in [0.1, 0.15) is 81.0 Å². The molecule has 0 aliphatic heterocycles. The molecule has 284 valence electrons. The lowest BCUT2D eigenvalue weighted by Crippen LogP contribution is -2.28. The fourth-order valence-corrected chi connectivity index (χ4v) is 12.7. The van der Waals surface area contributed by atoms with E-state index in [1.165, 1.54) is 96.8 Å². The first-order valence-electron chi connectivity index (χ1n) is 21.4. The lowest BCUT2D eigenvalue weighted by molar-refractivity contribution is 0.353. The van der Waals surface area contributed by atoms with Crippen LogP contribution < -0.4 is 0 Å². The van der Waals surface area contributed by atoms with Crippen LogP contribution in [0.3, 0.4) is 0 Å². The van der Waals surface area contributed by atoms with E-state index in [4.69, 9.17) is 14.4 Å². The number of benzene rings is 6. The monoisotopic (exact) mass is 778 g/mol. The van der Waals surface area contributed by atoms with Gasteiger partial charge in [-0.15, -0.1) is 11.3 Å². The molecule has 0 unspecified atom stereocenters. The zero-order valence-electron chi connectivity index (χ0n) is 33.4. The molecule has 1 saturated carbocycles. The molecule has 59 heavy (non-hydrogen) atoms. The zero-order chi connectivity index (χ0) is 39.0. The molecule has 3 heterocycles. The van der Waals surface area contributed by atoms with Gasteiger partial charge in [0.25, 0.3) is 0 Å². The van der Waals surface area contributed by atoms with Gasteiger partial charge in [-0.25, -0.2) is 4.98 Å². The van der Waals surface area contributed by atoms with Crippen molar-refractivity contribution in [1.82, 2.24) is 9.97 Å². The topological polar surface area (TPSA) is 38.9 Å². The zero-order valence-corrected chi connectivity index (χ0v) is 34.2. The molecular formula is C55H42N2OS. The van der Waals surface area contributed by atoms with E-state index in [9.17, 15) is 0 Å². The smallest absolute Gasteiger partial charge is 0.231 e. The molecule has 4 aliphatic carbocycles. The van der Waals surface area contributed by atoms with Crippen LogP contribution >= 0.6 is 11.3 Å². The molecule has 0 N–H and O–H groups in total. The Morgan fingerprint density at radius 1 is 0.576 bits per heavy atom. The van der Waals surface area contributed by atoms with Crippen molar-refractivity contribution in [1.29, 1.82) is 0 Å². The summed E-state index contributed by atoms with van der Waals surface area (Å²) in [7, 11) is 0. The highest BCUT2D eigenvalue weighted by Gasteiger charge is 2.47. The third-order valence-corrected chi connectivity index (χ3v) is 15.6. The van der Waals surface area contributed by atoms with Crippen LogP contribution in [0.4, 0.5) is 0 Å². The molecule has 0 atom stereocenters. The number of rotatable bonds is 3. The Hall–Kier alpha value is -6.10. The first kappa shape index (κ1) is 33.8. The highest BCUT2D eigenvalue weighted by Crippen LogP contribution is 2.60. The van der Waals surface area contributed by atoms with Crippen molar-refractivity contribution in [2.45, 2.75) is 69.6 Å². The summed E-state index contributed by atoms with van der Waals surface area (Å²) in [5.41, 5.74) is 19.1. The third-order valence-electron chi connectivity index (χ3n) is 14.4. The maximum atomic E-state index is 6.40. The second kappa shape index (κ2) is 12.2. The second-order valence-electron chi connectivity index (χ2n) is 17.8. The van der Waals surface area contributed by atoms with Crippen molar-refractivity contribution in [3.8, 4) is 44.9 Å². The highest BCUT2D eigenvalue weighted by molar-refractivity contribution is 7.26. The lowest BCUT2D eigenvalue weighted by Gasteiger charge is -2.36. The van der Waals surface area contributed by atoms with E-state index in [0.717, 1.165) is 46.0 Å². The van der Waals surface area contributed by atoms with Crippen molar-refractivity contribution in [2.24, 2.45) is 0 Å². The molecule has 4 heteroatoms. The quantitative estimate of drug-likeness (QED) is 0.179. The standard InChI is InChI=1S/C55H42N2OS/c1-54(2)43-20-9-7-16-35(43)40-31-46-41(30-45(40)54)39-28-33(22-24-44(39)55(46)26-11-4-12-27-55)34-23-25-48-42(29-34)36-18-13-19-38(51(36)59-48)52-56-50(32-14-5-3-6-15-32)49-37-17-8-10-21-47(37)58-53(49)57-52/h3,5-6,8,10,13-25,28-31H,4,7,9,11-12,26-27H2,1-2H3. The van der Waals surface area contributed by atoms with Crippen molar-refractivity contribution < 1.29 is 4.42 Å². The predicted octanol–water partition coefficient (Wildman–Crippen LogP) is 15.4. The van der Waals surface area contributed by atoms with Crippen LogP contribution in [0.25, 0.3) is 92.7 Å². The minimum absolute atomic E-state index is 0.0204. The lowest BCUT2D eigenvalue weighted by atomic mass is 9.67. The molecule has 0 saturated heterocycles. The van der Waals surface area contributed by atoms with Gasteiger partial charge in [0.2, 0.25) is 5.71 Å². The van der Waals surface area contributed by atoms with Gasteiger partial charge in [0.05, 0.1) is 11.1 Å². The van der Waals surface area contributed by atoms with Gasteiger partial charge in [-0.05, 0) is 124 Å². The van der Waals surface area contributed by atoms with Gasteiger partial charge in [0.1, 0.15) is 5.58 Å². The molecule has 3 aromatic heterocycles. The average molecular weight is 779 g/mol. The van der Waals surface area contributed by atoms with E-state index in [2.05, 4.69) is 123 Å². The fraction of sp³-hybridized carbons (Fsp3) is 0.200. The summed E-state index contributed by atoms with van der Waals surface area (Å²) in [6.07, 6.45) is 13.7. The molecule has 1 fully saturated rings. The average Bonchev–Trinajstić information content (AvgIpc) is 3.99. The van der Waals surface area contributed by atoms with Crippen LogP contribution in [0, 0.1) is 0 Å². The Bertz CT molecular complexity index is 3330. The highest BCUT2D eigenvalue weighted by atomic mass is 32.1. The number of aromatic nitrogens is 2. The van der Waals surface area contributed by atoms with Crippen LogP contribution in [-0.2, 0) is 10.8 Å². The number of allylic oxidation sites excluding steroid dienone is 4. The Morgan fingerprint density at radius 2 is 1.34 bits per heavy atom. The van der Waals surface area contributed by atoms with Gasteiger partial charge < -0.3 is 4.42 Å². The largest absolute Gasteiger partial charge is 0.438 e. The number of hydrogen-bond acceptors (Lipinski definition) is 4. The number of thiophene rings is 1. The number of furan rings is 1. The number of fused-ring (bicyclic) bond motifs is 14. The van der Waals surface area contributed by atoms with Crippen LogP contribution in [-0.4, -0.2) is 9.97 Å². The summed E-state index contributed by atoms with van der Waals surface area (Å²) in [5, 5.41) is 4.49. The van der Waals surface area contributed by atoms with Gasteiger partial charge in [-0.2, -0.15) is 4.98 Å². The molecule has 0 bridgehead atoms. The number of hydrogen-bond donors (Lipinski definition) is 0. The molecule has 4 aliphatic rings. The molecule has 9 aromatic rings. The van der Waals surface area contributed by atoms with E-state index in [1.54, 1.807) is 11.1 Å². The molecule has 6 aromatic carbocycles. The summed E-state index contributed by atoms with van der Waals surface area (Å²) in [6.45, 7) is 4.88. The van der Waals surface area contributed by atoms with Gasteiger partial charge in [-0.3, -0.25) is 0 Å². The van der Waals surface area contributed by atoms with Crippen LogP contribution in [0.15, 0.2) is 143 Å². The minimum atomic E-state index is 0.0204. The number of nitrogens with zero attached hydrogens (tertiary/aromatic N) is 2. The van der Waals surface area contributed by atoms with E-state index >= 15 is 0 Å². The summed E-state index contributed by atoms with van der Waals surface area (Å²) < 4.78 is 8.86. The minimum Gasteiger partial charge on any atom is -0.438 e. The van der Waals surface area contributed by atoms with Crippen LogP contribution in [0.5, 0.6) is 0 Å². The van der Waals surface area contributed by atoms with Crippen molar-refractivity contribution >= 4 is 59.2 Å². The Labute approximate surface area is 347 Å². The summed E-state index contributed by atoms with van der Waals surface area (Å²) in [6, 6.07) is 44.9. The SMILES string of the molecule is CC1(C)C2=CCCC=C2c2cc3c(cc21)-c1cc(-c2ccc4sc5c(-c6nc(-c7ccccc7)c7c(n6)oc6ccccc67)cccc5c4c2)ccc1C31CCCCC1. The van der Waals surface area contributed by atoms with Crippen molar-refractivity contribution in [2.75, 3.05) is 0 Å². The van der Waals surface area contributed by atoms with Gasteiger partial charge in [0.15, 0.2) is 5.82 Å². The number of para-hydroxylation sites is 1. The molecule has 0 amide bonds. The summed E-state index contributed by atoms with van der Waals surface area (Å²) in [4.78, 5) is 10.4. The third kappa shape index (κ3) is 4.70. The molecule has 3 nitrogen and oxygen atoms in total. The Morgan fingerprint density at radius 3 is 2.24 bits per heavy atom. The summed E-state index contributed by atoms with van der Waals surface area (Å²) in [5.74, 6) is 0.684.